The SMILES string of the molecule is Cc1cc2c(OCC(=O)N3c4ccc(F)cc4NC(=O)C3(C)C)cccc2c(C)n1. The third-order valence-corrected chi connectivity index (χ3v) is 5.32. The number of pyridine rings is 1. The molecule has 4 rings (SSSR count). The first-order chi connectivity index (χ1) is 14.2. The van der Waals surface area contributed by atoms with E-state index in [0.717, 1.165) is 22.2 Å². The van der Waals surface area contributed by atoms with E-state index in [9.17, 15) is 14.0 Å². The first kappa shape index (κ1) is 19.8. The van der Waals surface area contributed by atoms with Gasteiger partial charge in [-0.1, -0.05) is 12.1 Å². The highest BCUT2D eigenvalue weighted by atomic mass is 19.1. The summed E-state index contributed by atoms with van der Waals surface area (Å²) in [6, 6.07) is 11.5. The normalized spacial score (nSPS) is 15.0. The summed E-state index contributed by atoms with van der Waals surface area (Å²) < 4.78 is 19.5. The molecule has 3 aromatic rings. The number of halogens is 1. The van der Waals surface area contributed by atoms with E-state index in [0.29, 0.717) is 11.4 Å². The minimum Gasteiger partial charge on any atom is -0.483 e. The second kappa shape index (κ2) is 7.09. The van der Waals surface area contributed by atoms with Crippen LogP contribution in [0.2, 0.25) is 0 Å². The van der Waals surface area contributed by atoms with Gasteiger partial charge in [-0.05, 0) is 58.0 Å². The number of nitrogens with zero attached hydrogens (tertiary/aromatic N) is 2. The molecule has 0 unspecified atom stereocenters. The number of hydrogen-bond donors (Lipinski definition) is 1. The molecule has 1 aliphatic heterocycles. The van der Waals surface area contributed by atoms with Crippen LogP contribution < -0.4 is 15.0 Å². The van der Waals surface area contributed by atoms with E-state index >= 15 is 0 Å². The molecule has 2 aromatic carbocycles. The monoisotopic (exact) mass is 407 g/mol. The standard InChI is InChI=1S/C23H22FN3O3/c1-13-10-17-16(14(2)25-13)6-5-7-20(17)30-12-21(28)27-19-9-8-15(24)11-18(19)26-22(29)23(27,3)4/h5-11H,12H2,1-4H3,(H,26,29). The van der Waals surface area contributed by atoms with E-state index in [4.69, 9.17) is 4.74 Å². The Labute approximate surface area is 173 Å². The van der Waals surface area contributed by atoms with Crippen molar-refractivity contribution >= 4 is 34.0 Å². The van der Waals surface area contributed by atoms with Crippen LogP contribution in [0.3, 0.4) is 0 Å². The van der Waals surface area contributed by atoms with E-state index in [-0.39, 0.29) is 12.3 Å². The van der Waals surface area contributed by atoms with Crippen molar-refractivity contribution in [2.45, 2.75) is 33.2 Å². The molecule has 2 amide bonds. The van der Waals surface area contributed by atoms with E-state index in [1.165, 1.54) is 23.1 Å². The number of carbonyl (C=O) groups is 2. The van der Waals surface area contributed by atoms with Gasteiger partial charge in [0.1, 0.15) is 17.1 Å². The summed E-state index contributed by atoms with van der Waals surface area (Å²) >= 11 is 0. The molecule has 6 nitrogen and oxygen atoms in total. The number of benzene rings is 2. The summed E-state index contributed by atoms with van der Waals surface area (Å²) in [4.78, 5) is 31.5. The molecule has 2 heterocycles. The minimum atomic E-state index is -1.15. The molecule has 1 aliphatic rings. The Morgan fingerprint density at radius 3 is 2.70 bits per heavy atom. The maximum absolute atomic E-state index is 13.6. The van der Waals surface area contributed by atoms with Crippen LogP contribution in [0.1, 0.15) is 25.2 Å². The van der Waals surface area contributed by atoms with Crippen molar-refractivity contribution in [2.24, 2.45) is 0 Å². The number of fused-ring (bicyclic) bond motifs is 2. The van der Waals surface area contributed by atoms with Crippen LogP contribution in [-0.2, 0) is 9.59 Å². The molecule has 0 saturated heterocycles. The number of rotatable bonds is 3. The van der Waals surface area contributed by atoms with Crippen LogP contribution in [0, 0.1) is 19.7 Å². The zero-order valence-electron chi connectivity index (χ0n) is 17.2. The molecule has 0 fully saturated rings. The second-order valence-electron chi connectivity index (χ2n) is 7.89. The Bertz CT molecular complexity index is 1190. The Morgan fingerprint density at radius 1 is 1.17 bits per heavy atom. The molecule has 0 radical (unpaired) electrons. The number of ether oxygens (including phenoxy) is 1. The van der Waals surface area contributed by atoms with Gasteiger partial charge in [-0.3, -0.25) is 19.5 Å². The highest BCUT2D eigenvalue weighted by Crippen LogP contribution is 2.37. The number of carbonyl (C=O) groups excluding carboxylic acids is 2. The fourth-order valence-electron chi connectivity index (χ4n) is 3.83. The molecule has 1 aromatic heterocycles. The van der Waals surface area contributed by atoms with Gasteiger partial charge in [-0.15, -0.1) is 0 Å². The van der Waals surface area contributed by atoms with Gasteiger partial charge < -0.3 is 10.1 Å². The van der Waals surface area contributed by atoms with Crippen molar-refractivity contribution in [2.75, 3.05) is 16.8 Å². The summed E-state index contributed by atoms with van der Waals surface area (Å²) in [5.74, 6) is -0.723. The largest absolute Gasteiger partial charge is 0.483 e. The number of amides is 2. The lowest BCUT2D eigenvalue weighted by Crippen LogP contribution is -2.59. The van der Waals surface area contributed by atoms with E-state index in [2.05, 4.69) is 10.3 Å². The molecule has 0 spiro atoms. The summed E-state index contributed by atoms with van der Waals surface area (Å²) in [5, 5.41) is 4.48. The van der Waals surface area contributed by atoms with Crippen molar-refractivity contribution in [3.8, 4) is 5.75 Å². The Hall–Kier alpha value is -3.48. The fraction of sp³-hybridized carbons (Fsp3) is 0.261. The minimum absolute atomic E-state index is 0.259. The van der Waals surface area contributed by atoms with Crippen LogP contribution in [0.25, 0.3) is 10.8 Å². The molecule has 0 bridgehead atoms. The molecular formula is C23H22FN3O3. The van der Waals surface area contributed by atoms with Crippen LogP contribution in [-0.4, -0.2) is 28.9 Å². The van der Waals surface area contributed by atoms with Gasteiger partial charge in [0.15, 0.2) is 6.61 Å². The van der Waals surface area contributed by atoms with Crippen molar-refractivity contribution in [1.82, 2.24) is 4.98 Å². The van der Waals surface area contributed by atoms with Gasteiger partial charge in [-0.2, -0.15) is 0 Å². The average Bonchev–Trinajstić information content (AvgIpc) is 2.67. The lowest BCUT2D eigenvalue weighted by Gasteiger charge is -2.41. The molecule has 30 heavy (non-hydrogen) atoms. The smallest absolute Gasteiger partial charge is 0.265 e. The first-order valence-electron chi connectivity index (χ1n) is 9.62. The lowest BCUT2D eigenvalue weighted by atomic mass is 9.96. The van der Waals surface area contributed by atoms with E-state index in [1.807, 2.05) is 32.0 Å². The zero-order chi connectivity index (χ0) is 21.6. The second-order valence-corrected chi connectivity index (χ2v) is 7.89. The Morgan fingerprint density at radius 2 is 1.93 bits per heavy atom. The number of hydrogen-bond acceptors (Lipinski definition) is 4. The molecular weight excluding hydrogens is 385 g/mol. The predicted octanol–water partition coefficient (Wildman–Crippen LogP) is 4.13. The summed E-state index contributed by atoms with van der Waals surface area (Å²) in [7, 11) is 0. The zero-order valence-corrected chi connectivity index (χ0v) is 17.2. The van der Waals surface area contributed by atoms with Gasteiger partial charge >= 0.3 is 0 Å². The first-order valence-corrected chi connectivity index (χ1v) is 9.62. The highest BCUT2D eigenvalue weighted by molar-refractivity contribution is 6.14. The topological polar surface area (TPSA) is 71.5 Å². The summed E-state index contributed by atoms with van der Waals surface area (Å²) in [6.45, 7) is 6.84. The number of anilines is 2. The number of aryl methyl sites for hydroxylation is 2. The summed E-state index contributed by atoms with van der Waals surface area (Å²) in [6.07, 6.45) is 0. The Balaban J connectivity index is 1.66. The average molecular weight is 407 g/mol. The van der Waals surface area contributed by atoms with Crippen LogP contribution >= 0.6 is 0 Å². The highest BCUT2D eigenvalue weighted by Gasteiger charge is 2.43. The molecule has 0 atom stereocenters. The van der Waals surface area contributed by atoms with Gasteiger partial charge in [0.05, 0.1) is 11.4 Å². The van der Waals surface area contributed by atoms with Gasteiger partial charge in [0.25, 0.3) is 5.91 Å². The van der Waals surface area contributed by atoms with Gasteiger partial charge in [0.2, 0.25) is 5.91 Å². The number of nitrogens with one attached hydrogen (secondary N) is 1. The maximum Gasteiger partial charge on any atom is 0.265 e. The quantitative estimate of drug-likeness (QED) is 0.709. The van der Waals surface area contributed by atoms with E-state index < -0.39 is 23.2 Å². The Kier molecular flexibility index (Phi) is 4.68. The molecule has 1 N–H and O–H groups in total. The van der Waals surface area contributed by atoms with E-state index in [1.54, 1.807) is 19.9 Å². The molecule has 0 aliphatic carbocycles. The van der Waals surface area contributed by atoms with Crippen molar-refractivity contribution < 1.29 is 18.7 Å². The third-order valence-electron chi connectivity index (χ3n) is 5.32. The molecule has 0 saturated carbocycles. The van der Waals surface area contributed by atoms with Crippen molar-refractivity contribution in [3.05, 3.63) is 59.7 Å². The van der Waals surface area contributed by atoms with Gasteiger partial charge in [-0.25, -0.2) is 4.39 Å². The third kappa shape index (κ3) is 3.26. The predicted molar refractivity (Wildman–Crippen MR) is 113 cm³/mol. The molecule has 7 heteroatoms. The fourth-order valence-corrected chi connectivity index (χ4v) is 3.83. The van der Waals surface area contributed by atoms with Crippen LogP contribution in [0.4, 0.5) is 15.8 Å². The van der Waals surface area contributed by atoms with Crippen LogP contribution in [0.5, 0.6) is 5.75 Å². The van der Waals surface area contributed by atoms with Crippen LogP contribution in [0.15, 0.2) is 42.5 Å². The molecule has 154 valence electrons. The van der Waals surface area contributed by atoms with Crippen molar-refractivity contribution in [3.63, 3.8) is 0 Å². The maximum atomic E-state index is 13.6. The number of aromatic nitrogens is 1. The van der Waals surface area contributed by atoms with Crippen molar-refractivity contribution in [1.29, 1.82) is 0 Å². The van der Waals surface area contributed by atoms with Gasteiger partial charge in [0, 0.05) is 22.2 Å². The summed E-state index contributed by atoms with van der Waals surface area (Å²) in [5.41, 5.74) is 1.28. The lowest BCUT2D eigenvalue weighted by molar-refractivity contribution is -0.127.